The Bertz CT molecular complexity index is 2030. The van der Waals surface area contributed by atoms with Gasteiger partial charge in [-0.1, -0.05) is 0 Å². The molecule has 242 valence electrons. The monoisotopic (exact) mass is 716 g/mol. The van der Waals surface area contributed by atoms with E-state index < -0.39 is 23.2 Å². The molecule has 2 aliphatic carbocycles. The molecule has 49 heavy (non-hydrogen) atoms. The summed E-state index contributed by atoms with van der Waals surface area (Å²) in [6, 6.07) is 40.9. The van der Waals surface area contributed by atoms with Gasteiger partial charge < -0.3 is 0 Å². The van der Waals surface area contributed by atoms with E-state index in [0.717, 1.165) is 48.7 Å². The summed E-state index contributed by atoms with van der Waals surface area (Å²) in [6.45, 7) is 8.59. The number of fused-ring (bicyclic) bond motifs is 2. The molecule has 0 amide bonds. The normalized spacial score (nSPS) is 16.3. The third-order valence-electron chi connectivity index (χ3n) is 10.1. The molecule has 0 N–H and O–H groups in total. The number of furan rings is 2. The molecular formula is C46H42O2Zr. The van der Waals surface area contributed by atoms with E-state index in [1.54, 1.807) is 0 Å². The first kappa shape index (κ1) is 32.0. The van der Waals surface area contributed by atoms with Crippen molar-refractivity contribution in [1.29, 1.82) is 0 Å². The first-order valence-corrected chi connectivity index (χ1v) is 20.6. The topological polar surface area (TPSA) is 26.3 Å². The van der Waals surface area contributed by atoms with E-state index in [4.69, 9.17) is 8.83 Å². The average Bonchev–Trinajstić information content (AvgIpc) is 3.91. The van der Waals surface area contributed by atoms with Crippen molar-refractivity contribution in [2.45, 2.75) is 60.6 Å². The quantitative estimate of drug-likeness (QED) is 0.141. The van der Waals surface area contributed by atoms with E-state index >= 15 is 0 Å². The average molecular weight is 718 g/mol. The molecule has 0 saturated carbocycles. The van der Waals surface area contributed by atoms with Gasteiger partial charge in [-0.25, -0.2) is 0 Å². The maximum atomic E-state index is 6.40. The van der Waals surface area contributed by atoms with Gasteiger partial charge in [0.25, 0.3) is 0 Å². The van der Waals surface area contributed by atoms with Gasteiger partial charge in [0.05, 0.1) is 0 Å². The molecule has 6 aromatic rings. The molecule has 0 aliphatic heterocycles. The van der Waals surface area contributed by atoms with E-state index in [0.29, 0.717) is 7.25 Å². The number of hydrogen-bond donors (Lipinski definition) is 0. The Morgan fingerprint density at radius 3 is 1.31 bits per heavy atom. The van der Waals surface area contributed by atoms with Gasteiger partial charge >= 0.3 is 304 Å². The molecule has 2 aromatic heterocycles. The van der Waals surface area contributed by atoms with Crippen LogP contribution in [-0.4, -0.2) is 0 Å². The molecule has 2 atom stereocenters. The van der Waals surface area contributed by atoms with Gasteiger partial charge in [0.2, 0.25) is 0 Å². The van der Waals surface area contributed by atoms with Crippen LogP contribution >= 0.6 is 0 Å². The number of aryl methyl sites for hydroxylation is 4. The van der Waals surface area contributed by atoms with E-state index in [1.807, 2.05) is 13.8 Å². The predicted octanol–water partition coefficient (Wildman–Crippen LogP) is 12.7. The minimum atomic E-state index is -1.30. The van der Waals surface area contributed by atoms with E-state index in [2.05, 4.69) is 135 Å². The standard InChI is InChI=1S/2C23H21O.Zr/c2*1-3-5-17-9-11-18(12-10-17)21-7-4-6-19-14-20(15-22(19)21)23-13-8-16(2)24-23;/h2*4,6-15H,3,5H2,1-2H3;. The molecule has 3 heteroatoms. The van der Waals surface area contributed by atoms with Crippen LogP contribution < -0.4 is 0 Å². The van der Waals surface area contributed by atoms with E-state index in [1.165, 1.54) is 66.8 Å². The summed E-state index contributed by atoms with van der Waals surface area (Å²) in [4.78, 5) is 0. The fourth-order valence-electron chi connectivity index (χ4n) is 7.72. The van der Waals surface area contributed by atoms with Crippen LogP contribution in [0.15, 0.2) is 118 Å². The second-order valence-corrected chi connectivity index (χ2v) is 17.2. The maximum absolute atomic E-state index is 6.40. The van der Waals surface area contributed by atoms with Crippen LogP contribution in [0.5, 0.6) is 0 Å². The van der Waals surface area contributed by atoms with E-state index in [9.17, 15) is 0 Å². The molecular weight excluding hydrogens is 676 g/mol. The third kappa shape index (κ3) is 6.12. The Balaban J connectivity index is 1.24. The second-order valence-electron chi connectivity index (χ2n) is 13.6. The first-order valence-electron chi connectivity index (χ1n) is 17.8. The van der Waals surface area contributed by atoms with Gasteiger partial charge in [0.15, 0.2) is 0 Å². The van der Waals surface area contributed by atoms with E-state index in [-0.39, 0.29) is 0 Å². The summed E-state index contributed by atoms with van der Waals surface area (Å²) in [6.07, 6.45) is 9.44. The van der Waals surface area contributed by atoms with Crippen LogP contribution in [0, 0.1) is 13.8 Å². The summed E-state index contributed by atoms with van der Waals surface area (Å²) in [7, 11) is 0. The summed E-state index contributed by atoms with van der Waals surface area (Å²) < 4.78 is 13.5. The molecule has 2 unspecified atom stereocenters. The zero-order valence-electron chi connectivity index (χ0n) is 28.8. The Hall–Kier alpha value is -4.20. The molecule has 0 saturated heterocycles. The second kappa shape index (κ2) is 13.6. The molecule has 0 spiro atoms. The Morgan fingerprint density at radius 2 is 0.939 bits per heavy atom. The van der Waals surface area contributed by atoms with Crippen molar-refractivity contribution >= 4 is 23.3 Å². The molecule has 2 aliphatic rings. The van der Waals surface area contributed by atoms with Crippen LogP contribution in [0.1, 0.15) is 90.4 Å². The minimum absolute atomic E-state index is 0.329. The van der Waals surface area contributed by atoms with Gasteiger partial charge in [0.1, 0.15) is 0 Å². The number of rotatable bonds is 10. The fourth-order valence-corrected chi connectivity index (χ4v) is 12.7. The van der Waals surface area contributed by atoms with Crippen molar-refractivity contribution in [3.63, 3.8) is 0 Å². The van der Waals surface area contributed by atoms with Crippen molar-refractivity contribution in [2.75, 3.05) is 0 Å². The van der Waals surface area contributed by atoms with Crippen LogP contribution in [-0.2, 0) is 36.1 Å². The molecule has 0 bridgehead atoms. The SMILES string of the molecule is CCCc1ccc(-c2cccc3c2C=C(c2ccc(C)o2)[CH]3[Zr][CH]2C(c3ccc(C)o3)=Cc3c(-c4ccc(CCC)cc4)cccc32)cc1. The van der Waals surface area contributed by atoms with Crippen LogP contribution in [0.25, 0.3) is 45.6 Å². The molecule has 8 rings (SSSR count). The van der Waals surface area contributed by atoms with Crippen LogP contribution in [0.2, 0.25) is 0 Å². The van der Waals surface area contributed by atoms with Crippen molar-refractivity contribution in [3.05, 3.63) is 166 Å². The molecule has 2 nitrogen and oxygen atoms in total. The number of benzene rings is 4. The van der Waals surface area contributed by atoms with Crippen LogP contribution in [0.3, 0.4) is 0 Å². The van der Waals surface area contributed by atoms with Gasteiger partial charge in [-0.2, -0.15) is 0 Å². The van der Waals surface area contributed by atoms with Crippen molar-refractivity contribution in [1.82, 2.24) is 0 Å². The summed E-state index contributed by atoms with van der Waals surface area (Å²) in [5, 5.41) is 0. The van der Waals surface area contributed by atoms with Gasteiger partial charge in [-0.05, 0) is 0 Å². The third-order valence-corrected chi connectivity index (χ3v) is 14.8. The number of hydrogen-bond acceptors (Lipinski definition) is 2. The molecule has 4 aromatic carbocycles. The molecule has 0 radical (unpaired) electrons. The summed E-state index contributed by atoms with van der Waals surface area (Å²) in [5.41, 5.74) is 16.2. The summed E-state index contributed by atoms with van der Waals surface area (Å²) in [5.74, 6) is 3.91. The Morgan fingerprint density at radius 1 is 0.510 bits per heavy atom. The van der Waals surface area contributed by atoms with Gasteiger partial charge in [-0.15, -0.1) is 0 Å². The Labute approximate surface area is 302 Å². The number of allylic oxidation sites excluding steroid dienone is 2. The summed E-state index contributed by atoms with van der Waals surface area (Å²) >= 11 is -1.30. The van der Waals surface area contributed by atoms with Gasteiger partial charge in [-0.3, -0.25) is 0 Å². The van der Waals surface area contributed by atoms with Crippen LogP contribution in [0.4, 0.5) is 0 Å². The fraction of sp³-hybridized carbons (Fsp3) is 0.217. The first-order chi connectivity index (χ1) is 24.0. The predicted molar refractivity (Wildman–Crippen MR) is 200 cm³/mol. The molecule has 2 heterocycles. The zero-order chi connectivity index (χ0) is 33.5. The van der Waals surface area contributed by atoms with Crippen molar-refractivity contribution < 1.29 is 32.1 Å². The van der Waals surface area contributed by atoms with Crippen molar-refractivity contribution in [2.24, 2.45) is 0 Å². The van der Waals surface area contributed by atoms with Gasteiger partial charge in [0, 0.05) is 0 Å². The Kier molecular flexibility index (Phi) is 8.89. The zero-order valence-corrected chi connectivity index (χ0v) is 31.3. The molecule has 0 fully saturated rings. The van der Waals surface area contributed by atoms with Crippen molar-refractivity contribution in [3.8, 4) is 22.3 Å².